The number of carbonyl (C=O) groups excluding carboxylic acids is 1. The molecule has 0 aliphatic carbocycles. The first-order valence-electron chi connectivity index (χ1n) is 7.05. The first-order chi connectivity index (χ1) is 10.3. The predicted octanol–water partition coefficient (Wildman–Crippen LogP) is 3.61. The lowest BCUT2D eigenvalue weighted by Crippen LogP contribution is -2.29. The van der Waals surface area contributed by atoms with Crippen LogP contribution >= 0.6 is 15.9 Å². The molecule has 0 atom stereocenters. The molecule has 2 rings (SSSR count). The molecule has 0 unspecified atom stereocenters. The Balaban J connectivity index is 1.63. The van der Waals surface area contributed by atoms with Gasteiger partial charge in [0.15, 0.2) is 0 Å². The van der Waals surface area contributed by atoms with Gasteiger partial charge in [0.05, 0.1) is 12.2 Å². The minimum Gasteiger partial charge on any atom is -0.324 e. The van der Waals surface area contributed by atoms with Crippen LogP contribution in [-0.2, 0) is 11.2 Å². The van der Waals surface area contributed by atoms with Gasteiger partial charge in [0.2, 0.25) is 5.91 Å². The summed E-state index contributed by atoms with van der Waals surface area (Å²) in [7, 11) is 0. The third-order valence-electron chi connectivity index (χ3n) is 3.10. The number of rotatable bonds is 7. The van der Waals surface area contributed by atoms with E-state index in [1.807, 2.05) is 42.5 Å². The summed E-state index contributed by atoms with van der Waals surface area (Å²) in [6.45, 7) is 1.16. The fourth-order valence-electron chi connectivity index (χ4n) is 2.02. The van der Waals surface area contributed by atoms with E-state index in [2.05, 4.69) is 38.7 Å². The van der Waals surface area contributed by atoms with E-state index in [1.165, 1.54) is 5.56 Å². The lowest BCUT2D eigenvalue weighted by atomic mass is 10.1. The van der Waals surface area contributed by atoms with Crippen molar-refractivity contribution in [1.82, 2.24) is 5.32 Å². The minimum atomic E-state index is -0.0263. The second-order valence-corrected chi connectivity index (χ2v) is 5.65. The van der Waals surface area contributed by atoms with Crippen molar-refractivity contribution in [3.63, 3.8) is 0 Å². The van der Waals surface area contributed by atoms with Crippen molar-refractivity contribution < 1.29 is 4.79 Å². The van der Waals surface area contributed by atoms with Crippen molar-refractivity contribution in [1.29, 1.82) is 0 Å². The number of aryl methyl sites for hydroxylation is 1. The average Bonchev–Trinajstić information content (AvgIpc) is 2.50. The van der Waals surface area contributed by atoms with Crippen LogP contribution in [0.5, 0.6) is 0 Å². The number of halogens is 1. The lowest BCUT2D eigenvalue weighted by molar-refractivity contribution is -0.115. The standard InChI is InChI=1S/C17H19BrN2O/c18-15-10-4-5-11-16(15)20-17(21)13-19-12-6-9-14-7-2-1-3-8-14/h1-5,7-8,10-11,19H,6,9,12-13H2,(H,20,21). The van der Waals surface area contributed by atoms with Gasteiger partial charge in [-0.25, -0.2) is 0 Å². The second kappa shape index (κ2) is 8.60. The molecule has 0 fully saturated rings. The maximum atomic E-state index is 11.8. The number of anilines is 1. The van der Waals surface area contributed by atoms with Gasteiger partial charge in [-0.05, 0) is 53.0 Å². The normalized spacial score (nSPS) is 10.3. The van der Waals surface area contributed by atoms with Crippen LogP contribution in [-0.4, -0.2) is 19.0 Å². The smallest absolute Gasteiger partial charge is 0.238 e. The number of carbonyl (C=O) groups is 1. The summed E-state index contributed by atoms with van der Waals surface area (Å²) in [5, 5.41) is 6.04. The highest BCUT2D eigenvalue weighted by Gasteiger charge is 2.04. The fourth-order valence-corrected chi connectivity index (χ4v) is 2.40. The number of hydrogen-bond acceptors (Lipinski definition) is 2. The summed E-state index contributed by atoms with van der Waals surface area (Å²) in [5.41, 5.74) is 2.13. The number of nitrogens with one attached hydrogen (secondary N) is 2. The maximum absolute atomic E-state index is 11.8. The zero-order valence-corrected chi connectivity index (χ0v) is 13.4. The van der Waals surface area contributed by atoms with Crippen LogP contribution in [0.4, 0.5) is 5.69 Å². The summed E-state index contributed by atoms with van der Waals surface area (Å²) in [4.78, 5) is 11.8. The summed E-state index contributed by atoms with van der Waals surface area (Å²) >= 11 is 3.41. The first kappa shape index (κ1) is 15.7. The molecular formula is C17H19BrN2O. The van der Waals surface area contributed by atoms with Crippen LogP contribution in [0.25, 0.3) is 0 Å². The van der Waals surface area contributed by atoms with Crippen molar-refractivity contribution in [2.45, 2.75) is 12.8 Å². The molecule has 2 aromatic carbocycles. The molecular weight excluding hydrogens is 328 g/mol. The molecule has 0 saturated carbocycles. The van der Waals surface area contributed by atoms with Gasteiger partial charge in [-0.1, -0.05) is 42.5 Å². The summed E-state index contributed by atoms with van der Waals surface area (Å²) in [6.07, 6.45) is 2.05. The van der Waals surface area contributed by atoms with Gasteiger partial charge >= 0.3 is 0 Å². The van der Waals surface area contributed by atoms with E-state index in [0.29, 0.717) is 6.54 Å². The third-order valence-corrected chi connectivity index (χ3v) is 3.79. The van der Waals surface area contributed by atoms with Gasteiger partial charge < -0.3 is 10.6 Å². The molecule has 0 heterocycles. The monoisotopic (exact) mass is 346 g/mol. The molecule has 0 saturated heterocycles. The van der Waals surface area contributed by atoms with Crippen molar-refractivity contribution in [3.8, 4) is 0 Å². The number of para-hydroxylation sites is 1. The van der Waals surface area contributed by atoms with Crippen LogP contribution in [0.3, 0.4) is 0 Å². The highest BCUT2D eigenvalue weighted by atomic mass is 79.9. The first-order valence-corrected chi connectivity index (χ1v) is 7.84. The number of hydrogen-bond donors (Lipinski definition) is 2. The molecule has 1 amide bonds. The molecule has 2 aromatic rings. The molecule has 3 nitrogen and oxygen atoms in total. The Morgan fingerprint density at radius 3 is 2.48 bits per heavy atom. The molecule has 0 bridgehead atoms. The third kappa shape index (κ3) is 5.69. The van der Waals surface area contributed by atoms with Crippen molar-refractivity contribution >= 4 is 27.5 Å². The Hall–Kier alpha value is -1.65. The molecule has 110 valence electrons. The lowest BCUT2D eigenvalue weighted by Gasteiger charge is -2.08. The summed E-state index contributed by atoms with van der Waals surface area (Å²) in [5.74, 6) is -0.0263. The molecule has 21 heavy (non-hydrogen) atoms. The van der Waals surface area contributed by atoms with E-state index in [9.17, 15) is 4.79 Å². The number of benzene rings is 2. The largest absolute Gasteiger partial charge is 0.324 e. The highest BCUT2D eigenvalue weighted by molar-refractivity contribution is 9.10. The Kier molecular flexibility index (Phi) is 6.44. The molecule has 0 aromatic heterocycles. The Labute approximate surface area is 133 Å². The predicted molar refractivity (Wildman–Crippen MR) is 90.4 cm³/mol. The highest BCUT2D eigenvalue weighted by Crippen LogP contribution is 2.20. The molecule has 4 heteroatoms. The molecule has 0 aliphatic rings. The van der Waals surface area contributed by atoms with Gasteiger partial charge in [-0.2, -0.15) is 0 Å². The Morgan fingerprint density at radius 1 is 1.00 bits per heavy atom. The Bertz CT molecular complexity index is 572. The van der Waals surface area contributed by atoms with Gasteiger partial charge in [-0.15, -0.1) is 0 Å². The number of amides is 1. The van der Waals surface area contributed by atoms with Gasteiger partial charge in [0.1, 0.15) is 0 Å². The molecule has 0 aliphatic heterocycles. The van der Waals surface area contributed by atoms with Crippen molar-refractivity contribution in [2.75, 3.05) is 18.4 Å². The SMILES string of the molecule is O=C(CNCCCc1ccccc1)Nc1ccccc1Br. The van der Waals surface area contributed by atoms with E-state index in [1.54, 1.807) is 0 Å². The van der Waals surface area contributed by atoms with Gasteiger partial charge in [-0.3, -0.25) is 4.79 Å². The van der Waals surface area contributed by atoms with Crippen LogP contribution in [0.1, 0.15) is 12.0 Å². The maximum Gasteiger partial charge on any atom is 0.238 e. The zero-order chi connectivity index (χ0) is 14.9. The molecule has 0 spiro atoms. The van der Waals surface area contributed by atoms with E-state index in [-0.39, 0.29) is 5.91 Å². The van der Waals surface area contributed by atoms with Crippen LogP contribution in [0.2, 0.25) is 0 Å². The summed E-state index contributed by atoms with van der Waals surface area (Å²) in [6, 6.07) is 18.0. The average molecular weight is 347 g/mol. The Morgan fingerprint density at radius 2 is 1.71 bits per heavy atom. The minimum absolute atomic E-state index is 0.0263. The van der Waals surface area contributed by atoms with Crippen molar-refractivity contribution in [3.05, 3.63) is 64.6 Å². The van der Waals surface area contributed by atoms with Gasteiger partial charge in [0, 0.05) is 4.47 Å². The quantitative estimate of drug-likeness (QED) is 0.752. The zero-order valence-electron chi connectivity index (χ0n) is 11.8. The van der Waals surface area contributed by atoms with E-state index in [0.717, 1.165) is 29.5 Å². The van der Waals surface area contributed by atoms with Crippen molar-refractivity contribution in [2.24, 2.45) is 0 Å². The molecule has 2 N–H and O–H groups in total. The second-order valence-electron chi connectivity index (χ2n) is 4.79. The van der Waals surface area contributed by atoms with E-state index >= 15 is 0 Å². The van der Waals surface area contributed by atoms with Crippen LogP contribution < -0.4 is 10.6 Å². The van der Waals surface area contributed by atoms with Gasteiger partial charge in [0.25, 0.3) is 0 Å². The van der Waals surface area contributed by atoms with E-state index < -0.39 is 0 Å². The van der Waals surface area contributed by atoms with Crippen LogP contribution in [0.15, 0.2) is 59.1 Å². The molecule has 0 radical (unpaired) electrons. The van der Waals surface area contributed by atoms with Crippen LogP contribution in [0, 0.1) is 0 Å². The fraction of sp³-hybridized carbons (Fsp3) is 0.235. The summed E-state index contributed by atoms with van der Waals surface area (Å²) < 4.78 is 0.891. The topological polar surface area (TPSA) is 41.1 Å². The van der Waals surface area contributed by atoms with E-state index in [4.69, 9.17) is 0 Å².